The molecule has 7 nitrogen and oxygen atoms in total. The van der Waals surface area contributed by atoms with E-state index >= 15 is 0 Å². The van der Waals surface area contributed by atoms with Gasteiger partial charge < -0.3 is 10.6 Å². The van der Waals surface area contributed by atoms with Crippen LogP contribution in [0.25, 0.3) is 0 Å². The van der Waals surface area contributed by atoms with Crippen molar-refractivity contribution in [3.63, 3.8) is 0 Å². The van der Waals surface area contributed by atoms with Crippen LogP contribution in [-0.2, 0) is 16.4 Å². The van der Waals surface area contributed by atoms with Gasteiger partial charge in [-0.05, 0) is 38.1 Å². The van der Waals surface area contributed by atoms with E-state index in [1.54, 1.807) is 30.5 Å². The Morgan fingerprint density at radius 1 is 1.07 bits per heavy atom. The van der Waals surface area contributed by atoms with Crippen LogP contribution < -0.4 is 15.4 Å². The zero-order chi connectivity index (χ0) is 19.5. The molecule has 1 heterocycles. The van der Waals surface area contributed by atoms with Crippen molar-refractivity contribution in [2.24, 2.45) is 4.99 Å². The monoisotopic (exact) mass is 517 g/mol. The summed E-state index contributed by atoms with van der Waals surface area (Å²) in [5, 5.41) is 6.37. The molecule has 0 aliphatic rings. The van der Waals surface area contributed by atoms with E-state index in [0.717, 1.165) is 24.2 Å². The summed E-state index contributed by atoms with van der Waals surface area (Å²) in [5.74, 6) is 0.656. The standard InChI is InChI=1S/C19H27N5O2S.HI/c1-3-20-19(22-13-11-17-6-4-5-12-21-17)23-14-15-24-27(25,26)18-9-7-16(2)8-10-18;/h4-10,12,24H,3,11,13-15H2,1-2H3,(H2,20,22,23);1H. The first-order valence-corrected chi connectivity index (χ1v) is 10.5. The maximum atomic E-state index is 12.2. The maximum Gasteiger partial charge on any atom is 0.240 e. The van der Waals surface area contributed by atoms with Crippen LogP contribution in [0.5, 0.6) is 0 Å². The highest BCUT2D eigenvalue weighted by atomic mass is 127. The maximum absolute atomic E-state index is 12.2. The van der Waals surface area contributed by atoms with Gasteiger partial charge in [0.1, 0.15) is 0 Å². The van der Waals surface area contributed by atoms with Crippen LogP contribution in [0.3, 0.4) is 0 Å². The summed E-state index contributed by atoms with van der Waals surface area (Å²) in [4.78, 5) is 8.95. The predicted molar refractivity (Wildman–Crippen MR) is 124 cm³/mol. The number of aliphatic imine (C=N–C) groups is 1. The van der Waals surface area contributed by atoms with E-state index < -0.39 is 10.0 Å². The van der Waals surface area contributed by atoms with Gasteiger partial charge in [0.25, 0.3) is 0 Å². The first kappa shape index (κ1) is 24.3. The van der Waals surface area contributed by atoms with Crippen LogP contribution in [0.15, 0.2) is 58.5 Å². The molecule has 3 N–H and O–H groups in total. The normalized spacial score (nSPS) is 11.6. The lowest BCUT2D eigenvalue weighted by Gasteiger charge is -2.11. The minimum absolute atomic E-state index is 0. The third-order valence-corrected chi connectivity index (χ3v) is 5.23. The lowest BCUT2D eigenvalue weighted by molar-refractivity contribution is 0.582. The molecule has 0 saturated heterocycles. The average molecular weight is 517 g/mol. The molecule has 154 valence electrons. The number of rotatable bonds is 9. The summed E-state index contributed by atoms with van der Waals surface area (Å²) < 4.78 is 27.1. The fourth-order valence-corrected chi connectivity index (χ4v) is 3.37. The van der Waals surface area contributed by atoms with Crippen molar-refractivity contribution in [1.82, 2.24) is 20.3 Å². The summed E-state index contributed by atoms with van der Waals surface area (Å²) in [5.41, 5.74) is 2.03. The largest absolute Gasteiger partial charge is 0.357 e. The molecule has 0 aliphatic heterocycles. The highest BCUT2D eigenvalue weighted by Gasteiger charge is 2.12. The van der Waals surface area contributed by atoms with Gasteiger partial charge >= 0.3 is 0 Å². The van der Waals surface area contributed by atoms with E-state index in [0.29, 0.717) is 19.0 Å². The summed E-state index contributed by atoms with van der Waals surface area (Å²) in [6.45, 7) is 5.89. The number of benzene rings is 1. The fraction of sp³-hybridized carbons (Fsp3) is 0.368. The SMILES string of the molecule is CCNC(=NCCNS(=O)(=O)c1ccc(C)cc1)NCCc1ccccn1.I. The number of aromatic nitrogens is 1. The van der Waals surface area contributed by atoms with Gasteiger partial charge in [-0.1, -0.05) is 23.8 Å². The number of sulfonamides is 1. The Morgan fingerprint density at radius 3 is 2.46 bits per heavy atom. The van der Waals surface area contributed by atoms with Crippen molar-refractivity contribution in [1.29, 1.82) is 0 Å². The van der Waals surface area contributed by atoms with Gasteiger partial charge in [-0.15, -0.1) is 24.0 Å². The van der Waals surface area contributed by atoms with Crippen molar-refractivity contribution < 1.29 is 8.42 Å². The zero-order valence-corrected chi connectivity index (χ0v) is 19.3. The van der Waals surface area contributed by atoms with Crippen LogP contribution in [0.2, 0.25) is 0 Å². The highest BCUT2D eigenvalue weighted by molar-refractivity contribution is 14.0. The molecule has 1 aromatic heterocycles. The molecular weight excluding hydrogens is 489 g/mol. The second kappa shape index (κ2) is 12.7. The van der Waals surface area contributed by atoms with Gasteiger partial charge in [-0.3, -0.25) is 9.98 Å². The van der Waals surface area contributed by atoms with Gasteiger partial charge in [0, 0.05) is 37.9 Å². The van der Waals surface area contributed by atoms with E-state index in [1.165, 1.54) is 0 Å². The quantitative estimate of drug-likeness (QED) is 0.205. The van der Waals surface area contributed by atoms with Gasteiger partial charge in [-0.25, -0.2) is 13.1 Å². The molecule has 2 rings (SSSR count). The van der Waals surface area contributed by atoms with E-state index in [9.17, 15) is 8.42 Å². The average Bonchev–Trinajstić information content (AvgIpc) is 2.66. The Bertz CT molecular complexity index is 827. The molecular formula is C19H28IN5O2S. The first-order valence-electron chi connectivity index (χ1n) is 8.99. The number of pyridine rings is 1. The summed E-state index contributed by atoms with van der Waals surface area (Å²) in [7, 11) is -3.51. The highest BCUT2D eigenvalue weighted by Crippen LogP contribution is 2.09. The summed E-state index contributed by atoms with van der Waals surface area (Å²) in [6.07, 6.45) is 2.56. The Balaban J connectivity index is 0.00000392. The number of hydrogen-bond acceptors (Lipinski definition) is 4. The minimum atomic E-state index is -3.51. The number of nitrogens with one attached hydrogen (secondary N) is 3. The Kier molecular flexibility index (Phi) is 11.0. The molecule has 0 unspecified atom stereocenters. The lowest BCUT2D eigenvalue weighted by atomic mass is 10.2. The number of hydrogen-bond donors (Lipinski definition) is 3. The van der Waals surface area contributed by atoms with Crippen LogP contribution in [0.4, 0.5) is 0 Å². The predicted octanol–water partition coefficient (Wildman–Crippen LogP) is 2.08. The Hall–Kier alpha value is -1.72. The Morgan fingerprint density at radius 2 is 1.82 bits per heavy atom. The fourth-order valence-electron chi connectivity index (χ4n) is 2.35. The molecule has 0 spiro atoms. The van der Waals surface area contributed by atoms with E-state index in [4.69, 9.17) is 0 Å². The van der Waals surface area contributed by atoms with Crippen LogP contribution >= 0.6 is 24.0 Å². The molecule has 28 heavy (non-hydrogen) atoms. The zero-order valence-electron chi connectivity index (χ0n) is 16.2. The molecule has 0 amide bonds. The molecule has 0 saturated carbocycles. The second-order valence-electron chi connectivity index (χ2n) is 5.97. The smallest absolute Gasteiger partial charge is 0.240 e. The summed E-state index contributed by atoms with van der Waals surface area (Å²) >= 11 is 0. The molecule has 2 aromatic rings. The van der Waals surface area contributed by atoms with E-state index in [2.05, 4.69) is 25.3 Å². The van der Waals surface area contributed by atoms with Crippen molar-refractivity contribution in [3.05, 3.63) is 59.9 Å². The van der Waals surface area contributed by atoms with E-state index in [1.807, 2.05) is 32.0 Å². The van der Waals surface area contributed by atoms with Gasteiger partial charge in [0.15, 0.2) is 5.96 Å². The van der Waals surface area contributed by atoms with Gasteiger partial charge in [-0.2, -0.15) is 0 Å². The van der Waals surface area contributed by atoms with Crippen LogP contribution in [0, 0.1) is 6.92 Å². The topological polar surface area (TPSA) is 95.5 Å². The van der Waals surface area contributed by atoms with E-state index in [-0.39, 0.29) is 35.4 Å². The first-order chi connectivity index (χ1) is 13.0. The number of halogens is 1. The second-order valence-corrected chi connectivity index (χ2v) is 7.74. The van der Waals surface area contributed by atoms with Crippen molar-refractivity contribution in [2.75, 3.05) is 26.2 Å². The van der Waals surface area contributed by atoms with Crippen LogP contribution in [0.1, 0.15) is 18.2 Å². The van der Waals surface area contributed by atoms with Gasteiger partial charge in [0.2, 0.25) is 10.0 Å². The molecule has 0 radical (unpaired) electrons. The van der Waals surface area contributed by atoms with Crippen LogP contribution in [-0.4, -0.2) is 45.5 Å². The molecule has 9 heteroatoms. The molecule has 0 fully saturated rings. The van der Waals surface area contributed by atoms with Crippen molar-refractivity contribution >= 4 is 40.0 Å². The number of nitrogens with zero attached hydrogens (tertiary/aromatic N) is 2. The Labute approximate surface area is 184 Å². The minimum Gasteiger partial charge on any atom is -0.357 e. The lowest BCUT2D eigenvalue weighted by Crippen LogP contribution is -2.39. The number of aryl methyl sites for hydroxylation is 1. The number of guanidine groups is 1. The molecule has 0 atom stereocenters. The molecule has 0 aliphatic carbocycles. The molecule has 1 aromatic carbocycles. The van der Waals surface area contributed by atoms with Crippen molar-refractivity contribution in [2.45, 2.75) is 25.2 Å². The van der Waals surface area contributed by atoms with Gasteiger partial charge in [0.05, 0.1) is 11.4 Å². The summed E-state index contributed by atoms with van der Waals surface area (Å²) in [6, 6.07) is 12.6. The third kappa shape index (κ3) is 8.53. The molecule has 0 bridgehead atoms. The van der Waals surface area contributed by atoms with Crippen molar-refractivity contribution in [3.8, 4) is 0 Å². The third-order valence-electron chi connectivity index (χ3n) is 3.75.